The van der Waals surface area contributed by atoms with E-state index in [-0.39, 0.29) is 22.5 Å². The molecule has 0 radical (unpaired) electrons. The lowest BCUT2D eigenvalue weighted by Crippen LogP contribution is -2.39. The van der Waals surface area contributed by atoms with Gasteiger partial charge in [0.1, 0.15) is 0 Å². The van der Waals surface area contributed by atoms with Crippen molar-refractivity contribution in [3.05, 3.63) is 82.1 Å². The first-order valence-corrected chi connectivity index (χ1v) is 11.2. The van der Waals surface area contributed by atoms with Gasteiger partial charge in [-0.1, -0.05) is 35.9 Å². The largest absolute Gasteiger partial charge is 0.416 e. The van der Waals surface area contributed by atoms with Crippen molar-refractivity contribution in [2.75, 3.05) is 11.9 Å². The van der Waals surface area contributed by atoms with Crippen LogP contribution < -0.4 is 10.6 Å². The molecule has 0 aliphatic rings. The SMILES string of the molecule is O=C(CNc1ccc(C(=O)C(F)=C(c2cc(Cl)cc(C(F)(F)F)c2)C(F)F)c2ccccc12)NC(F)C(F)F. The Bertz CT molecular complexity index is 1420. The molecule has 1 amide bonds. The molecule has 0 aliphatic carbocycles. The van der Waals surface area contributed by atoms with Crippen molar-refractivity contribution in [3.63, 3.8) is 0 Å². The maximum Gasteiger partial charge on any atom is 0.416 e. The summed E-state index contributed by atoms with van der Waals surface area (Å²) in [6.45, 7) is -0.676. The van der Waals surface area contributed by atoms with Gasteiger partial charge in [-0.25, -0.2) is 26.3 Å². The molecule has 0 bridgehead atoms. The Morgan fingerprint density at radius 1 is 0.897 bits per heavy atom. The van der Waals surface area contributed by atoms with Gasteiger partial charge in [-0.15, -0.1) is 0 Å². The molecule has 0 saturated heterocycles. The molecule has 3 aromatic carbocycles. The average molecular weight is 583 g/mol. The van der Waals surface area contributed by atoms with Crippen molar-refractivity contribution < 1.29 is 49.1 Å². The van der Waals surface area contributed by atoms with Crippen LogP contribution in [0, 0.1) is 0 Å². The normalized spacial score (nSPS) is 13.4. The molecule has 0 aromatic heterocycles. The number of hydrogen-bond acceptors (Lipinski definition) is 3. The van der Waals surface area contributed by atoms with E-state index in [0.717, 1.165) is 12.1 Å². The third kappa shape index (κ3) is 7.02. The van der Waals surface area contributed by atoms with Crippen LogP contribution >= 0.6 is 11.6 Å². The summed E-state index contributed by atoms with van der Waals surface area (Å²) in [6.07, 6.45) is -15.0. The maximum absolute atomic E-state index is 15.3. The highest BCUT2D eigenvalue weighted by atomic mass is 35.5. The summed E-state index contributed by atoms with van der Waals surface area (Å²) in [6, 6.07) is 9.09. The fourth-order valence-electron chi connectivity index (χ4n) is 3.59. The molecular weight excluding hydrogens is 567 g/mol. The number of allylic oxidation sites excluding steroid dienone is 2. The monoisotopic (exact) mass is 582 g/mol. The van der Waals surface area contributed by atoms with Crippen LogP contribution in [0.15, 0.2) is 60.4 Å². The average Bonchev–Trinajstić information content (AvgIpc) is 2.85. The minimum absolute atomic E-state index is 0.00491. The maximum atomic E-state index is 15.3. The summed E-state index contributed by atoms with van der Waals surface area (Å²) in [5.74, 6) is -4.73. The van der Waals surface area contributed by atoms with Gasteiger partial charge in [0, 0.05) is 21.7 Å². The van der Waals surface area contributed by atoms with Crippen LogP contribution in [-0.2, 0) is 11.0 Å². The Hall–Kier alpha value is -3.74. The van der Waals surface area contributed by atoms with Crippen molar-refractivity contribution in [3.8, 4) is 0 Å². The summed E-state index contributed by atoms with van der Waals surface area (Å²) in [5, 5.41) is 3.50. The quantitative estimate of drug-likeness (QED) is 0.119. The van der Waals surface area contributed by atoms with E-state index in [2.05, 4.69) is 5.32 Å². The van der Waals surface area contributed by atoms with Crippen LogP contribution in [-0.4, -0.2) is 37.4 Å². The van der Waals surface area contributed by atoms with Gasteiger partial charge in [-0.3, -0.25) is 9.59 Å². The number of ketones is 1. The third-order valence-corrected chi connectivity index (χ3v) is 5.54. The fraction of sp³-hybridized carbons (Fsp3) is 0.200. The number of Topliss-reactive ketones (excluding diaryl/α,β-unsaturated/α-hetero) is 1. The Morgan fingerprint density at radius 2 is 1.54 bits per heavy atom. The van der Waals surface area contributed by atoms with E-state index in [9.17, 15) is 44.7 Å². The second-order valence-electron chi connectivity index (χ2n) is 7.95. The molecule has 4 nitrogen and oxygen atoms in total. The number of hydrogen-bond donors (Lipinski definition) is 2. The summed E-state index contributed by atoms with van der Waals surface area (Å²) in [4.78, 5) is 24.7. The second kappa shape index (κ2) is 12.0. The molecule has 3 aromatic rings. The van der Waals surface area contributed by atoms with Crippen molar-refractivity contribution in [1.29, 1.82) is 0 Å². The predicted octanol–water partition coefficient (Wildman–Crippen LogP) is 7.43. The molecule has 2 N–H and O–H groups in total. The number of carbonyl (C=O) groups is 2. The van der Waals surface area contributed by atoms with Gasteiger partial charge < -0.3 is 10.6 Å². The molecule has 1 atom stereocenters. The lowest BCUT2D eigenvalue weighted by molar-refractivity contribution is -0.137. The van der Waals surface area contributed by atoms with Crippen molar-refractivity contribution >= 4 is 45.3 Å². The molecule has 39 heavy (non-hydrogen) atoms. The van der Waals surface area contributed by atoms with Crippen LogP contribution in [0.2, 0.25) is 5.02 Å². The van der Waals surface area contributed by atoms with Gasteiger partial charge in [-0.2, -0.15) is 13.2 Å². The van der Waals surface area contributed by atoms with E-state index in [1.165, 1.54) is 29.6 Å². The molecular formula is C25H16ClF9N2O2. The zero-order valence-corrected chi connectivity index (χ0v) is 20.0. The first kappa shape index (κ1) is 29.8. The van der Waals surface area contributed by atoms with Crippen LogP contribution in [0.3, 0.4) is 0 Å². The number of carbonyl (C=O) groups excluding carboxylic acids is 2. The van der Waals surface area contributed by atoms with Gasteiger partial charge in [0.2, 0.25) is 18.0 Å². The highest BCUT2D eigenvalue weighted by Gasteiger charge is 2.33. The van der Waals surface area contributed by atoms with E-state index >= 15 is 4.39 Å². The molecule has 0 heterocycles. The van der Waals surface area contributed by atoms with Crippen LogP contribution in [0.25, 0.3) is 16.3 Å². The lowest BCUT2D eigenvalue weighted by atomic mass is 9.95. The zero-order chi connectivity index (χ0) is 29.1. The molecule has 0 spiro atoms. The number of rotatable bonds is 9. The second-order valence-corrected chi connectivity index (χ2v) is 8.38. The number of amides is 1. The molecule has 1 unspecified atom stereocenters. The number of halogens is 10. The number of nitrogens with one attached hydrogen (secondary N) is 2. The summed E-state index contributed by atoms with van der Waals surface area (Å²) >= 11 is 5.63. The van der Waals surface area contributed by atoms with Gasteiger partial charge in [0.25, 0.3) is 12.9 Å². The zero-order valence-electron chi connectivity index (χ0n) is 19.2. The molecule has 14 heteroatoms. The predicted molar refractivity (Wildman–Crippen MR) is 126 cm³/mol. The lowest BCUT2D eigenvalue weighted by Gasteiger charge is -2.15. The van der Waals surface area contributed by atoms with Crippen LogP contribution in [0.1, 0.15) is 21.5 Å². The van der Waals surface area contributed by atoms with E-state index in [0.29, 0.717) is 12.1 Å². The number of anilines is 1. The molecule has 208 valence electrons. The molecule has 0 aliphatic heterocycles. The Morgan fingerprint density at radius 3 is 2.13 bits per heavy atom. The van der Waals surface area contributed by atoms with Crippen molar-refractivity contribution in [2.24, 2.45) is 0 Å². The summed E-state index contributed by atoms with van der Waals surface area (Å²) < 4.78 is 120. The fourth-order valence-corrected chi connectivity index (χ4v) is 3.83. The first-order valence-electron chi connectivity index (χ1n) is 10.8. The number of benzene rings is 3. The summed E-state index contributed by atoms with van der Waals surface area (Å²) in [7, 11) is 0. The van der Waals surface area contributed by atoms with Gasteiger partial charge >= 0.3 is 6.18 Å². The smallest absolute Gasteiger partial charge is 0.376 e. The third-order valence-electron chi connectivity index (χ3n) is 5.32. The highest BCUT2D eigenvalue weighted by Crippen LogP contribution is 2.37. The first-order chi connectivity index (χ1) is 18.2. The minimum Gasteiger partial charge on any atom is -0.376 e. The highest BCUT2D eigenvalue weighted by molar-refractivity contribution is 6.31. The Labute approximate surface area is 219 Å². The van der Waals surface area contributed by atoms with Crippen LogP contribution in [0.4, 0.5) is 45.2 Å². The number of fused-ring (bicyclic) bond motifs is 1. The molecule has 0 fully saturated rings. The van der Waals surface area contributed by atoms with Gasteiger partial charge in [-0.05, 0) is 41.3 Å². The van der Waals surface area contributed by atoms with Crippen LogP contribution in [0.5, 0.6) is 0 Å². The molecule has 3 rings (SSSR count). The standard InChI is InChI=1S/C25H16ClF9N2O2/c26-13-8-11(7-12(9-13)25(33,34)35)19(22(28)29)20(27)21(39)16-5-6-17(15-4-2-1-3-14(15)16)36-10-18(38)37-24(32)23(30)31/h1-9,22-24,36H,10H2,(H,37,38). The van der Waals surface area contributed by atoms with E-state index in [1.54, 1.807) is 0 Å². The number of alkyl halides is 8. The minimum atomic E-state index is -4.99. The van der Waals surface area contributed by atoms with E-state index in [4.69, 9.17) is 11.6 Å². The Kier molecular flexibility index (Phi) is 9.15. The topological polar surface area (TPSA) is 58.2 Å². The Balaban J connectivity index is 2.02. The summed E-state index contributed by atoms with van der Waals surface area (Å²) in [5.41, 5.74) is -4.31. The van der Waals surface area contributed by atoms with E-state index in [1.807, 2.05) is 0 Å². The van der Waals surface area contributed by atoms with Gasteiger partial charge in [0.15, 0.2) is 5.83 Å². The van der Waals surface area contributed by atoms with Crippen molar-refractivity contribution in [1.82, 2.24) is 5.32 Å². The van der Waals surface area contributed by atoms with Gasteiger partial charge in [0.05, 0.1) is 17.7 Å². The molecule has 0 saturated carbocycles. The van der Waals surface area contributed by atoms with Crippen molar-refractivity contribution in [2.45, 2.75) is 25.3 Å². The van der Waals surface area contributed by atoms with E-state index < -0.39 is 76.7 Å².